The Morgan fingerprint density at radius 1 is 1.59 bits per heavy atom. The van der Waals surface area contributed by atoms with Crippen LogP contribution in [0.2, 0.25) is 0 Å². The van der Waals surface area contributed by atoms with Crippen LogP contribution in [-0.4, -0.2) is 33.3 Å². The zero-order valence-electron chi connectivity index (χ0n) is 10.5. The van der Waals surface area contributed by atoms with Crippen LogP contribution in [-0.2, 0) is 11.3 Å². The maximum Gasteiger partial charge on any atom is 0.238 e. The molecule has 7 heteroatoms. The van der Waals surface area contributed by atoms with Gasteiger partial charge in [-0.1, -0.05) is 10.3 Å². The molecule has 6 nitrogen and oxygen atoms in total. The van der Waals surface area contributed by atoms with Gasteiger partial charge in [-0.3, -0.25) is 4.79 Å². The van der Waals surface area contributed by atoms with Crippen LogP contribution in [0.4, 0.5) is 0 Å². The van der Waals surface area contributed by atoms with E-state index in [1.807, 2.05) is 20.1 Å². The third kappa shape index (κ3) is 3.44. The Morgan fingerprint density at radius 2 is 2.24 bits per heavy atom. The summed E-state index contributed by atoms with van der Waals surface area (Å²) in [5.41, 5.74) is 7.18. The highest BCUT2D eigenvalue weighted by molar-refractivity contribution is 8.00. The zero-order chi connectivity index (χ0) is 13.1. The molecule has 1 rings (SSSR count). The number of carbonyl (C=O) groups is 1. The Hall–Kier alpha value is -1.08. The van der Waals surface area contributed by atoms with Gasteiger partial charge >= 0.3 is 0 Å². The van der Waals surface area contributed by atoms with E-state index in [0.717, 1.165) is 0 Å². The SMILES string of the molecule is CSC(C)(C)[C@H](N)C(=O)NCc1nonc1C. The maximum absolute atomic E-state index is 11.8. The van der Waals surface area contributed by atoms with Crippen molar-refractivity contribution in [3.63, 3.8) is 0 Å². The molecule has 0 saturated carbocycles. The van der Waals surface area contributed by atoms with Gasteiger partial charge in [0.1, 0.15) is 11.4 Å². The summed E-state index contributed by atoms with van der Waals surface area (Å²) < 4.78 is 4.24. The molecule has 1 amide bonds. The summed E-state index contributed by atoms with van der Waals surface area (Å²) in [5.74, 6) is -0.202. The van der Waals surface area contributed by atoms with Crippen molar-refractivity contribution in [2.24, 2.45) is 5.73 Å². The first-order chi connectivity index (χ1) is 7.88. The number of nitrogens with zero attached hydrogens (tertiary/aromatic N) is 2. The average molecular weight is 258 g/mol. The summed E-state index contributed by atoms with van der Waals surface area (Å²) in [5, 5.41) is 10.0. The van der Waals surface area contributed by atoms with Crippen LogP contribution in [0.3, 0.4) is 0 Å². The average Bonchev–Trinajstić information content (AvgIpc) is 2.70. The van der Waals surface area contributed by atoms with Gasteiger partial charge in [0, 0.05) is 4.75 Å². The smallest absolute Gasteiger partial charge is 0.238 e. The quantitative estimate of drug-likeness (QED) is 0.797. The normalized spacial score (nSPS) is 13.5. The summed E-state index contributed by atoms with van der Waals surface area (Å²) >= 11 is 1.56. The van der Waals surface area contributed by atoms with Crippen molar-refractivity contribution in [2.45, 2.75) is 38.1 Å². The summed E-state index contributed by atoms with van der Waals surface area (Å²) in [7, 11) is 0. The fourth-order valence-electron chi connectivity index (χ4n) is 1.13. The van der Waals surface area contributed by atoms with Crippen LogP contribution in [0.1, 0.15) is 25.2 Å². The van der Waals surface area contributed by atoms with E-state index in [9.17, 15) is 4.79 Å². The highest BCUT2D eigenvalue weighted by Gasteiger charge is 2.31. The molecule has 1 aromatic rings. The predicted molar refractivity (Wildman–Crippen MR) is 66.5 cm³/mol. The minimum Gasteiger partial charge on any atom is -0.349 e. The molecule has 0 fully saturated rings. The summed E-state index contributed by atoms with van der Waals surface area (Å²) in [6, 6.07) is -0.572. The zero-order valence-corrected chi connectivity index (χ0v) is 11.3. The predicted octanol–water partition coefficient (Wildman–Crippen LogP) is 0.463. The molecule has 0 aliphatic carbocycles. The van der Waals surface area contributed by atoms with Crippen molar-refractivity contribution in [1.29, 1.82) is 0 Å². The third-order valence-electron chi connectivity index (χ3n) is 2.73. The topological polar surface area (TPSA) is 94.0 Å². The van der Waals surface area contributed by atoms with E-state index in [4.69, 9.17) is 5.73 Å². The monoisotopic (exact) mass is 258 g/mol. The van der Waals surface area contributed by atoms with Crippen molar-refractivity contribution in [3.8, 4) is 0 Å². The molecule has 0 aliphatic heterocycles. The van der Waals surface area contributed by atoms with Gasteiger partial charge in [-0.15, -0.1) is 0 Å². The summed E-state index contributed by atoms with van der Waals surface area (Å²) in [4.78, 5) is 11.8. The molecule has 1 atom stereocenters. The number of hydrogen-bond acceptors (Lipinski definition) is 6. The van der Waals surface area contributed by atoms with Gasteiger partial charge < -0.3 is 11.1 Å². The molecular weight excluding hydrogens is 240 g/mol. The van der Waals surface area contributed by atoms with Crippen LogP contribution in [0.15, 0.2) is 4.63 Å². The van der Waals surface area contributed by atoms with E-state index in [1.165, 1.54) is 0 Å². The van der Waals surface area contributed by atoms with Crippen molar-refractivity contribution in [3.05, 3.63) is 11.4 Å². The first-order valence-electron chi connectivity index (χ1n) is 5.25. The Kier molecular flexibility index (Phi) is 4.53. The van der Waals surface area contributed by atoms with Crippen LogP contribution >= 0.6 is 11.8 Å². The number of aryl methyl sites for hydroxylation is 1. The van der Waals surface area contributed by atoms with Crippen LogP contribution < -0.4 is 11.1 Å². The second kappa shape index (κ2) is 5.50. The minimum absolute atomic E-state index is 0.202. The number of hydrogen-bond donors (Lipinski definition) is 2. The molecule has 96 valence electrons. The second-order valence-electron chi connectivity index (χ2n) is 4.30. The molecule has 3 N–H and O–H groups in total. The Balaban J connectivity index is 2.53. The van der Waals surface area contributed by atoms with Gasteiger partial charge in [-0.05, 0) is 27.0 Å². The molecule has 0 saturated heterocycles. The van der Waals surface area contributed by atoms with Crippen molar-refractivity contribution < 1.29 is 9.42 Å². The highest BCUT2D eigenvalue weighted by atomic mass is 32.2. The van der Waals surface area contributed by atoms with Crippen LogP contribution in [0.25, 0.3) is 0 Å². The maximum atomic E-state index is 11.8. The van der Waals surface area contributed by atoms with E-state index in [-0.39, 0.29) is 17.2 Å². The van der Waals surface area contributed by atoms with Gasteiger partial charge in [0.05, 0.1) is 12.6 Å². The van der Waals surface area contributed by atoms with Crippen molar-refractivity contribution in [1.82, 2.24) is 15.6 Å². The minimum atomic E-state index is -0.572. The number of rotatable bonds is 5. The van der Waals surface area contributed by atoms with Crippen LogP contribution in [0.5, 0.6) is 0 Å². The number of thioether (sulfide) groups is 1. The molecule has 0 bridgehead atoms. The lowest BCUT2D eigenvalue weighted by molar-refractivity contribution is -0.123. The van der Waals surface area contributed by atoms with Gasteiger partial charge in [-0.25, -0.2) is 4.63 Å². The number of nitrogens with two attached hydrogens (primary N) is 1. The van der Waals surface area contributed by atoms with Gasteiger partial charge in [0.2, 0.25) is 5.91 Å². The molecule has 1 aromatic heterocycles. The number of aromatic nitrogens is 2. The molecule has 0 radical (unpaired) electrons. The number of carbonyl (C=O) groups excluding carboxylic acids is 1. The standard InChI is InChI=1S/C10H18N4O2S/c1-6-7(14-16-13-6)5-12-9(15)8(11)10(2,3)17-4/h8H,5,11H2,1-4H3,(H,12,15)/t8-/m1/s1. The lowest BCUT2D eigenvalue weighted by Crippen LogP contribution is -2.51. The van der Waals surface area contributed by atoms with Crippen LogP contribution in [0, 0.1) is 6.92 Å². The fraction of sp³-hybridized carbons (Fsp3) is 0.700. The highest BCUT2D eigenvalue weighted by Crippen LogP contribution is 2.24. The van der Waals surface area contributed by atoms with E-state index in [1.54, 1.807) is 18.7 Å². The second-order valence-corrected chi connectivity index (χ2v) is 5.76. The van der Waals surface area contributed by atoms with E-state index < -0.39 is 6.04 Å². The largest absolute Gasteiger partial charge is 0.349 e. The van der Waals surface area contributed by atoms with E-state index in [0.29, 0.717) is 11.4 Å². The lowest BCUT2D eigenvalue weighted by atomic mass is 10.0. The summed E-state index contributed by atoms with van der Waals surface area (Å²) in [6.07, 6.45) is 1.93. The molecule has 0 unspecified atom stereocenters. The van der Waals surface area contributed by atoms with Gasteiger partial charge in [0.15, 0.2) is 0 Å². The molecule has 0 aliphatic rings. The van der Waals surface area contributed by atoms with Gasteiger partial charge in [0.25, 0.3) is 0 Å². The first-order valence-corrected chi connectivity index (χ1v) is 6.47. The first kappa shape index (κ1) is 14.0. The molecular formula is C10H18N4O2S. The Morgan fingerprint density at radius 3 is 2.71 bits per heavy atom. The van der Waals surface area contributed by atoms with Crippen molar-refractivity contribution in [2.75, 3.05) is 6.26 Å². The van der Waals surface area contributed by atoms with Gasteiger partial charge in [-0.2, -0.15) is 11.8 Å². The molecule has 17 heavy (non-hydrogen) atoms. The summed E-state index contributed by atoms with van der Waals surface area (Å²) in [6.45, 7) is 5.92. The molecule has 0 aromatic carbocycles. The van der Waals surface area contributed by atoms with E-state index >= 15 is 0 Å². The fourth-order valence-corrected chi connectivity index (χ4v) is 1.49. The number of amides is 1. The molecule has 0 spiro atoms. The Bertz CT molecular complexity index is 391. The number of nitrogens with one attached hydrogen (secondary N) is 1. The lowest BCUT2D eigenvalue weighted by Gasteiger charge is -2.28. The molecule has 1 heterocycles. The van der Waals surface area contributed by atoms with E-state index in [2.05, 4.69) is 20.3 Å². The third-order valence-corrected chi connectivity index (χ3v) is 4.04. The Labute approximate surface area is 105 Å². The van der Waals surface area contributed by atoms with Crippen molar-refractivity contribution >= 4 is 17.7 Å².